The first kappa shape index (κ1) is 60.6. The van der Waals surface area contributed by atoms with Gasteiger partial charge in [-0.3, -0.25) is 9.35 Å². The lowest BCUT2D eigenvalue weighted by Gasteiger charge is -2.41. The number of hydrogen-bond donors (Lipinski definition) is 4. The van der Waals surface area contributed by atoms with Gasteiger partial charge in [-0.05, 0) is 44.9 Å². The zero-order chi connectivity index (χ0) is 46.8. The zero-order valence-corrected chi connectivity index (χ0v) is 41.4. The van der Waals surface area contributed by atoms with Crippen LogP contribution in [0.2, 0.25) is 0 Å². The first-order valence-electron chi connectivity index (χ1n) is 26.1. The Kier molecular flexibility index (Phi) is 40.6. The van der Waals surface area contributed by atoms with Gasteiger partial charge in [-0.2, -0.15) is 8.42 Å². The molecule has 0 radical (unpaired) electrons. The lowest BCUT2D eigenvalue weighted by Crippen LogP contribution is -2.60. The summed E-state index contributed by atoms with van der Waals surface area (Å²) in [5.41, 5.74) is 0. The monoisotopic (exact) mass is 933 g/mol. The second-order valence-electron chi connectivity index (χ2n) is 18.1. The fraction of sp³-hybridized carbons (Fsp3) is 0.902. The molecule has 6 unspecified atom stereocenters. The van der Waals surface area contributed by atoms with Crippen LogP contribution >= 0.6 is 0 Å². The van der Waals surface area contributed by atoms with Crippen LogP contribution in [0.15, 0.2) is 24.3 Å². The van der Waals surface area contributed by atoms with Crippen LogP contribution in [0.25, 0.3) is 0 Å². The summed E-state index contributed by atoms with van der Waals surface area (Å²) in [6, 6.07) is 0. The highest BCUT2D eigenvalue weighted by molar-refractivity contribution is 7.80. The molecule has 0 spiro atoms. The van der Waals surface area contributed by atoms with Crippen molar-refractivity contribution < 1.29 is 56.2 Å². The quantitative estimate of drug-likeness (QED) is 0.0197. The molecule has 4 N–H and O–H groups in total. The van der Waals surface area contributed by atoms with Gasteiger partial charge in [0.1, 0.15) is 30.5 Å². The van der Waals surface area contributed by atoms with E-state index in [2.05, 4.69) is 42.3 Å². The van der Waals surface area contributed by atoms with Crippen LogP contribution in [0.5, 0.6) is 0 Å². The van der Waals surface area contributed by atoms with E-state index in [1.807, 2.05) is 0 Å². The normalized spacial score (nSPS) is 19.9. The van der Waals surface area contributed by atoms with Crippen molar-refractivity contribution in [1.29, 1.82) is 0 Å². The molecule has 64 heavy (non-hydrogen) atoms. The number of unbranched alkanes of at least 4 members (excludes halogenated alkanes) is 29. The predicted octanol–water partition coefficient (Wildman–Crippen LogP) is 12.0. The summed E-state index contributed by atoms with van der Waals surface area (Å²) in [5.74, 6) is -0.396. The van der Waals surface area contributed by atoms with Crippen molar-refractivity contribution >= 4 is 16.4 Å². The SMILES string of the molecule is CCCCCCC/C=C\C/C=C\CCCCCCCCCCCCCCCC(=O)OC(COCCCCCCCCCCCCCC)COC1OC(CO)C(O)C(OS(=O)(=O)O)C1O. The van der Waals surface area contributed by atoms with Gasteiger partial charge in [0.15, 0.2) is 6.29 Å². The lowest BCUT2D eigenvalue weighted by molar-refractivity contribution is -0.301. The number of allylic oxidation sites excluding steroid dienone is 4. The fourth-order valence-corrected chi connectivity index (χ4v) is 8.62. The smallest absolute Gasteiger partial charge is 0.397 e. The van der Waals surface area contributed by atoms with Crippen molar-refractivity contribution in [3.63, 3.8) is 0 Å². The Hall–Kier alpha value is -1.42. The van der Waals surface area contributed by atoms with Crippen molar-refractivity contribution in [2.24, 2.45) is 0 Å². The molecule has 0 aromatic carbocycles. The largest absolute Gasteiger partial charge is 0.457 e. The predicted molar refractivity (Wildman–Crippen MR) is 257 cm³/mol. The van der Waals surface area contributed by atoms with E-state index in [0.29, 0.717) is 13.0 Å². The van der Waals surface area contributed by atoms with E-state index in [1.54, 1.807) is 0 Å². The number of esters is 1. The maximum Gasteiger partial charge on any atom is 0.397 e. The fourth-order valence-electron chi connectivity index (χ4n) is 8.12. The Labute approximate surface area is 391 Å². The van der Waals surface area contributed by atoms with Gasteiger partial charge in [0.25, 0.3) is 0 Å². The molecule has 0 aromatic rings. The Morgan fingerprint density at radius 3 is 1.48 bits per heavy atom. The number of carbonyl (C=O) groups is 1. The average Bonchev–Trinajstić information content (AvgIpc) is 3.27. The molecule has 0 saturated carbocycles. The molecule has 1 heterocycles. The Balaban J connectivity index is 2.29. The lowest BCUT2D eigenvalue weighted by atomic mass is 9.99. The van der Waals surface area contributed by atoms with E-state index >= 15 is 0 Å². The molecular formula is C51H96O12S. The number of hydrogen-bond acceptors (Lipinski definition) is 11. The van der Waals surface area contributed by atoms with Crippen molar-refractivity contribution in [1.82, 2.24) is 0 Å². The molecule has 12 nitrogen and oxygen atoms in total. The minimum absolute atomic E-state index is 0.0405. The van der Waals surface area contributed by atoms with Crippen LogP contribution < -0.4 is 0 Å². The summed E-state index contributed by atoms with van der Waals surface area (Å²) >= 11 is 0. The van der Waals surface area contributed by atoms with Crippen molar-refractivity contribution in [3.05, 3.63) is 24.3 Å². The highest BCUT2D eigenvalue weighted by Gasteiger charge is 2.48. The first-order valence-corrected chi connectivity index (χ1v) is 27.5. The summed E-state index contributed by atoms with van der Waals surface area (Å²) in [6.45, 7) is 4.01. The molecule has 0 amide bonds. The molecular weight excluding hydrogens is 837 g/mol. The van der Waals surface area contributed by atoms with Gasteiger partial charge in [-0.15, -0.1) is 0 Å². The molecule has 0 aliphatic carbocycles. The van der Waals surface area contributed by atoms with Crippen LogP contribution in [-0.4, -0.2) is 97.5 Å². The van der Waals surface area contributed by atoms with Crippen molar-refractivity contribution in [2.45, 2.75) is 269 Å². The number of rotatable bonds is 46. The molecule has 1 fully saturated rings. The molecule has 0 aromatic heterocycles. The van der Waals surface area contributed by atoms with Gasteiger partial charge < -0.3 is 34.3 Å². The standard InChI is InChI=1S/C51H96O12S/c1-3-5-7-9-11-13-15-17-18-19-20-21-22-23-24-25-26-27-28-29-30-32-34-36-38-40-47(53)61-45(43-59-41-39-37-35-33-31-16-14-12-10-8-6-4-2)44-60-51-49(55)50(63-64(56,57)58)48(54)46(42-52)62-51/h15,17,19-20,45-46,48-52,54-55H,3-14,16,18,21-44H2,1-2H3,(H,56,57,58)/b17-15-,20-19-. The van der Waals surface area contributed by atoms with Crippen molar-refractivity contribution in [3.8, 4) is 0 Å². The molecule has 1 aliphatic rings. The van der Waals surface area contributed by atoms with E-state index in [9.17, 15) is 33.1 Å². The topological polar surface area (TPSA) is 178 Å². The number of aliphatic hydroxyl groups excluding tert-OH is 3. The Morgan fingerprint density at radius 2 is 1.03 bits per heavy atom. The van der Waals surface area contributed by atoms with Crippen LogP contribution in [0, 0.1) is 0 Å². The second-order valence-corrected chi connectivity index (χ2v) is 19.2. The van der Waals surface area contributed by atoms with E-state index in [0.717, 1.165) is 44.9 Å². The van der Waals surface area contributed by atoms with Gasteiger partial charge in [0.2, 0.25) is 0 Å². The molecule has 0 bridgehead atoms. The molecule has 1 aliphatic heterocycles. The van der Waals surface area contributed by atoms with Crippen LogP contribution in [0.1, 0.15) is 232 Å². The molecule has 1 rings (SSSR count). The van der Waals surface area contributed by atoms with E-state index < -0.39 is 59.8 Å². The summed E-state index contributed by atoms with van der Waals surface area (Å²) in [6.07, 6.45) is 40.7. The maximum absolute atomic E-state index is 12.9. The van der Waals surface area contributed by atoms with E-state index in [4.69, 9.17) is 18.9 Å². The summed E-state index contributed by atoms with van der Waals surface area (Å²) in [7, 11) is -5.06. The average molecular weight is 933 g/mol. The molecule has 378 valence electrons. The number of ether oxygens (including phenoxy) is 4. The summed E-state index contributed by atoms with van der Waals surface area (Å²) < 4.78 is 59.2. The van der Waals surface area contributed by atoms with Crippen LogP contribution in [0.3, 0.4) is 0 Å². The van der Waals surface area contributed by atoms with Gasteiger partial charge in [-0.25, -0.2) is 4.18 Å². The van der Waals surface area contributed by atoms with E-state index in [-0.39, 0.29) is 19.6 Å². The van der Waals surface area contributed by atoms with Gasteiger partial charge in [0, 0.05) is 13.0 Å². The highest BCUT2D eigenvalue weighted by atomic mass is 32.3. The minimum atomic E-state index is -5.06. The third-order valence-corrected chi connectivity index (χ3v) is 12.5. The van der Waals surface area contributed by atoms with Gasteiger partial charge >= 0.3 is 16.4 Å². The Morgan fingerprint density at radius 1 is 0.594 bits per heavy atom. The Bertz CT molecular complexity index is 1210. The molecule has 6 atom stereocenters. The summed E-state index contributed by atoms with van der Waals surface area (Å²) in [4.78, 5) is 12.9. The third-order valence-electron chi connectivity index (χ3n) is 12.1. The van der Waals surface area contributed by atoms with Crippen LogP contribution in [0.4, 0.5) is 0 Å². The van der Waals surface area contributed by atoms with Crippen molar-refractivity contribution in [2.75, 3.05) is 26.4 Å². The van der Waals surface area contributed by atoms with Gasteiger partial charge in [-0.1, -0.05) is 205 Å². The molecule has 1 saturated heterocycles. The van der Waals surface area contributed by atoms with E-state index in [1.165, 1.54) is 161 Å². The second kappa shape index (κ2) is 42.9. The summed E-state index contributed by atoms with van der Waals surface area (Å²) in [5, 5.41) is 30.7. The molecule has 13 heteroatoms. The third kappa shape index (κ3) is 35.7. The van der Waals surface area contributed by atoms with Gasteiger partial charge in [0.05, 0.1) is 19.8 Å². The van der Waals surface area contributed by atoms with Crippen LogP contribution in [-0.2, 0) is 38.3 Å². The highest BCUT2D eigenvalue weighted by Crippen LogP contribution is 2.26. The zero-order valence-electron chi connectivity index (χ0n) is 40.6. The first-order chi connectivity index (χ1) is 31.1. The minimum Gasteiger partial charge on any atom is -0.457 e. The number of aliphatic hydroxyl groups is 3. The number of carbonyl (C=O) groups excluding carboxylic acids is 1. The maximum atomic E-state index is 12.9.